The van der Waals surface area contributed by atoms with Crippen LogP contribution in [0, 0.1) is 6.92 Å². The third-order valence-electron chi connectivity index (χ3n) is 4.75. The van der Waals surface area contributed by atoms with E-state index in [1.165, 1.54) is 0 Å². The number of rotatable bonds is 2. The molecule has 2 aromatic rings. The maximum absolute atomic E-state index is 12.6. The molecule has 0 aliphatic carbocycles. The SMILES string of the molecule is Cc1nc(-c2cnn(C)c2)nc2c1CN(C(=O)[C@@H]1CCCO1)CC2. The third-order valence-corrected chi connectivity index (χ3v) is 4.75. The highest BCUT2D eigenvalue weighted by molar-refractivity contribution is 5.81. The highest BCUT2D eigenvalue weighted by Gasteiger charge is 2.31. The monoisotopic (exact) mass is 327 g/mol. The number of amides is 1. The van der Waals surface area contributed by atoms with Crippen LogP contribution < -0.4 is 0 Å². The summed E-state index contributed by atoms with van der Waals surface area (Å²) in [5.74, 6) is 0.812. The first kappa shape index (κ1) is 15.3. The molecule has 1 atom stereocenters. The van der Waals surface area contributed by atoms with E-state index in [0.717, 1.165) is 41.8 Å². The number of aryl methyl sites for hydroxylation is 2. The topological polar surface area (TPSA) is 73.1 Å². The molecule has 7 heteroatoms. The lowest BCUT2D eigenvalue weighted by molar-refractivity contribution is -0.141. The zero-order valence-electron chi connectivity index (χ0n) is 14.0. The van der Waals surface area contributed by atoms with Gasteiger partial charge in [-0.15, -0.1) is 0 Å². The Labute approximate surface area is 140 Å². The fourth-order valence-corrected chi connectivity index (χ4v) is 3.41. The fraction of sp³-hybridized carbons (Fsp3) is 0.529. The van der Waals surface area contributed by atoms with Crippen LogP contribution in [-0.2, 0) is 29.5 Å². The predicted octanol–water partition coefficient (Wildman–Crippen LogP) is 1.25. The van der Waals surface area contributed by atoms with Crippen molar-refractivity contribution in [3.63, 3.8) is 0 Å². The van der Waals surface area contributed by atoms with Crippen LogP contribution in [0.2, 0.25) is 0 Å². The summed E-state index contributed by atoms with van der Waals surface area (Å²) in [4.78, 5) is 23.8. The van der Waals surface area contributed by atoms with Gasteiger partial charge in [-0.3, -0.25) is 9.48 Å². The molecule has 1 amide bonds. The minimum atomic E-state index is -0.262. The van der Waals surface area contributed by atoms with Crippen LogP contribution in [-0.4, -0.2) is 49.8 Å². The molecule has 0 spiro atoms. The number of carbonyl (C=O) groups excluding carboxylic acids is 1. The summed E-state index contributed by atoms with van der Waals surface area (Å²) in [6, 6.07) is 0. The van der Waals surface area contributed by atoms with Crippen molar-refractivity contribution in [1.82, 2.24) is 24.6 Å². The first-order valence-electron chi connectivity index (χ1n) is 8.37. The molecule has 2 aliphatic heterocycles. The molecule has 0 radical (unpaired) electrons. The van der Waals surface area contributed by atoms with E-state index < -0.39 is 0 Å². The minimum absolute atomic E-state index is 0.105. The molecular weight excluding hydrogens is 306 g/mol. The Morgan fingerprint density at radius 1 is 1.38 bits per heavy atom. The molecule has 0 bridgehead atoms. The normalized spacial score (nSPS) is 20.2. The quantitative estimate of drug-likeness (QED) is 0.830. The van der Waals surface area contributed by atoms with Gasteiger partial charge in [-0.25, -0.2) is 9.97 Å². The number of carbonyl (C=O) groups is 1. The summed E-state index contributed by atoms with van der Waals surface area (Å²) in [7, 11) is 1.88. The molecule has 24 heavy (non-hydrogen) atoms. The Bertz CT molecular complexity index is 779. The van der Waals surface area contributed by atoms with E-state index in [1.807, 2.05) is 25.1 Å². The summed E-state index contributed by atoms with van der Waals surface area (Å²) in [5, 5.41) is 4.18. The molecule has 1 fully saturated rings. The standard InChI is InChI=1S/C17H21N5O2/c1-11-13-10-22(17(23)15-4-3-7-24-15)6-5-14(13)20-16(19-11)12-8-18-21(2)9-12/h8-9,15H,3-7,10H2,1-2H3/t15-/m0/s1. The van der Waals surface area contributed by atoms with Gasteiger partial charge in [0.25, 0.3) is 5.91 Å². The van der Waals surface area contributed by atoms with Crippen molar-refractivity contribution in [2.24, 2.45) is 7.05 Å². The van der Waals surface area contributed by atoms with Crippen LogP contribution >= 0.6 is 0 Å². The van der Waals surface area contributed by atoms with Crippen LogP contribution in [0.5, 0.6) is 0 Å². The van der Waals surface area contributed by atoms with Crippen molar-refractivity contribution in [2.75, 3.05) is 13.2 Å². The number of ether oxygens (including phenoxy) is 1. The van der Waals surface area contributed by atoms with Gasteiger partial charge in [-0.1, -0.05) is 0 Å². The maximum Gasteiger partial charge on any atom is 0.252 e. The van der Waals surface area contributed by atoms with Gasteiger partial charge in [0.05, 0.1) is 17.5 Å². The van der Waals surface area contributed by atoms with Gasteiger partial charge < -0.3 is 9.64 Å². The summed E-state index contributed by atoms with van der Waals surface area (Å²) in [6.45, 7) is 3.94. The Balaban J connectivity index is 1.59. The summed E-state index contributed by atoms with van der Waals surface area (Å²) in [6.07, 6.45) is 5.98. The van der Waals surface area contributed by atoms with E-state index in [0.29, 0.717) is 25.5 Å². The molecule has 126 valence electrons. The predicted molar refractivity (Wildman–Crippen MR) is 87.1 cm³/mol. The molecule has 7 nitrogen and oxygen atoms in total. The first-order chi connectivity index (χ1) is 11.6. The summed E-state index contributed by atoms with van der Waals surface area (Å²) >= 11 is 0. The number of hydrogen-bond donors (Lipinski definition) is 0. The molecule has 0 saturated carbocycles. The second kappa shape index (κ2) is 5.98. The molecular formula is C17H21N5O2. The van der Waals surface area contributed by atoms with Gasteiger partial charge in [0, 0.05) is 50.6 Å². The number of aromatic nitrogens is 4. The largest absolute Gasteiger partial charge is 0.368 e. The summed E-state index contributed by atoms with van der Waals surface area (Å²) < 4.78 is 7.28. The van der Waals surface area contributed by atoms with Crippen molar-refractivity contribution in [2.45, 2.75) is 38.8 Å². The number of hydrogen-bond acceptors (Lipinski definition) is 5. The second-order valence-corrected chi connectivity index (χ2v) is 6.47. The van der Waals surface area contributed by atoms with E-state index >= 15 is 0 Å². The lowest BCUT2D eigenvalue weighted by Gasteiger charge is -2.30. The van der Waals surface area contributed by atoms with Crippen molar-refractivity contribution < 1.29 is 9.53 Å². The number of nitrogens with zero attached hydrogens (tertiary/aromatic N) is 5. The number of fused-ring (bicyclic) bond motifs is 1. The highest BCUT2D eigenvalue weighted by Crippen LogP contribution is 2.25. The zero-order chi connectivity index (χ0) is 16.7. The van der Waals surface area contributed by atoms with E-state index in [1.54, 1.807) is 10.9 Å². The maximum atomic E-state index is 12.6. The van der Waals surface area contributed by atoms with Gasteiger partial charge in [-0.2, -0.15) is 5.10 Å². The van der Waals surface area contributed by atoms with E-state index in [4.69, 9.17) is 9.72 Å². The molecule has 2 aliphatic rings. The van der Waals surface area contributed by atoms with Gasteiger partial charge in [0.15, 0.2) is 5.82 Å². The van der Waals surface area contributed by atoms with Crippen molar-refractivity contribution >= 4 is 5.91 Å². The van der Waals surface area contributed by atoms with Crippen molar-refractivity contribution in [3.8, 4) is 11.4 Å². The smallest absolute Gasteiger partial charge is 0.252 e. The highest BCUT2D eigenvalue weighted by atomic mass is 16.5. The van der Waals surface area contributed by atoms with Crippen molar-refractivity contribution in [3.05, 3.63) is 29.3 Å². The fourth-order valence-electron chi connectivity index (χ4n) is 3.41. The van der Waals surface area contributed by atoms with E-state index in [-0.39, 0.29) is 12.0 Å². The second-order valence-electron chi connectivity index (χ2n) is 6.47. The zero-order valence-corrected chi connectivity index (χ0v) is 14.0. The third kappa shape index (κ3) is 2.69. The molecule has 0 aromatic carbocycles. The van der Waals surface area contributed by atoms with Gasteiger partial charge >= 0.3 is 0 Å². The Morgan fingerprint density at radius 2 is 2.25 bits per heavy atom. The average molecular weight is 327 g/mol. The van der Waals surface area contributed by atoms with E-state index in [2.05, 4.69) is 10.1 Å². The Hall–Kier alpha value is -2.28. The average Bonchev–Trinajstić information content (AvgIpc) is 3.25. The van der Waals surface area contributed by atoms with Gasteiger partial charge in [0.1, 0.15) is 6.10 Å². The lowest BCUT2D eigenvalue weighted by Crippen LogP contribution is -2.42. The molecule has 0 unspecified atom stereocenters. The van der Waals surface area contributed by atoms with Crippen LogP contribution in [0.1, 0.15) is 29.8 Å². The minimum Gasteiger partial charge on any atom is -0.368 e. The van der Waals surface area contributed by atoms with Crippen molar-refractivity contribution in [1.29, 1.82) is 0 Å². The van der Waals surface area contributed by atoms with Gasteiger partial charge in [0.2, 0.25) is 0 Å². The molecule has 2 aromatic heterocycles. The Kier molecular flexibility index (Phi) is 3.80. The molecule has 1 saturated heterocycles. The summed E-state index contributed by atoms with van der Waals surface area (Å²) in [5.41, 5.74) is 3.96. The molecule has 4 heterocycles. The van der Waals surface area contributed by atoms with Crippen LogP contribution in [0.4, 0.5) is 0 Å². The lowest BCUT2D eigenvalue weighted by atomic mass is 10.0. The molecule has 0 N–H and O–H groups in total. The van der Waals surface area contributed by atoms with Crippen LogP contribution in [0.15, 0.2) is 12.4 Å². The van der Waals surface area contributed by atoms with E-state index in [9.17, 15) is 4.79 Å². The van der Waals surface area contributed by atoms with Gasteiger partial charge in [-0.05, 0) is 19.8 Å². The molecule has 4 rings (SSSR count). The Morgan fingerprint density at radius 3 is 2.96 bits per heavy atom. The van der Waals surface area contributed by atoms with Crippen LogP contribution in [0.25, 0.3) is 11.4 Å². The van der Waals surface area contributed by atoms with Crippen LogP contribution in [0.3, 0.4) is 0 Å². The first-order valence-corrected chi connectivity index (χ1v) is 8.37.